The van der Waals surface area contributed by atoms with Crippen molar-refractivity contribution in [2.75, 3.05) is 0 Å². The van der Waals surface area contributed by atoms with E-state index in [0.717, 1.165) is 12.8 Å². The van der Waals surface area contributed by atoms with Crippen LogP contribution >= 0.6 is 0 Å². The van der Waals surface area contributed by atoms with Crippen molar-refractivity contribution in [3.63, 3.8) is 0 Å². The number of carbonyl (C=O) groups is 2. The molecule has 3 aliphatic rings. The third-order valence-electron chi connectivity index (χ3n) is 6.10. The highest BCUT2D eigenvalue weighted by molar-refractivity contribution is 6.02. The Morgan fingerprint density at radius 1 is 1.07 bits per heavy atom. The molecule has 3 rings (SSSR count). The van der Waals surface area contributed by atoms with Gasteiger partial charge in [0, 0.05) is 12.0 Å². The summed E-state index contributed by atoms with van der Waals surface area (Å²) in [4.78, 5) is 24.3. The van der Waals surface area contributed by atoms with Crippen molar-refractivity contribution < 1.29 is 19.4 Å². The van der Waals surface area contributed by atoms with Crippen LogP contribution in [0, 0.1) is 29.6 Å². The van der Waals surface area contributed by atoms with Gasteiger partial charge in [-0.1, -0.05) is 49.0 Å². The van der Waals surface area contributed by atoms with E-state index in [1.807, 2.05) is 12.2 Å². The summed E-state index contributed by atoms with van der Waals surface area (Å²) in [6.07, 6.45) is 16.9. The van der Waals surface area contributed by atoms with Crippen LogP contribution in [0.25, 0.3) is 0 Å². The molecule has 0 spiro atoms. The predicted molar refractivity (Wildman–Crippen MR) is 109 cm³/mol. The third-order valence-corrected chi connectivity index (χ3v) is 6.10. The first kappa shape index (κ1) is 20.4. The SMILES string of the molecule is CC1=CC[C@@H]2[C@H]3C(O)=CC(=O)CC(=O)O[C@H](C)/C=C/C=C\[C@H](C)[C@H]3C=C[C@H]2C1. The summed E-state index contributed by atoms with van der Waals surface area (Å²) in [6.45, 7) is 6.04. The summed E-state index contributed by atoms with van der Waals surface area (Å²) in [5, 5.41) is 10.9. The van der Waals surface area contributed by atoms with Crippen LogP contribution in [0.1, 0.15) is 40.0 Å². The zero-order chi connectivity index (χ0) is 20.3. The molecule has 1 heterocycles. The van der Waals surface area contributed by atoms with Gasteiger partial charge in [0.2, 0.25) is 0 Å². The van der Waals surface area contributed by atoms with Gasteiger partial charge in [0.25, 0.3) is 0 Å². The monoisotopic (exact) mass is 382 g/mol. The van der Waals surface area contributed by atoms with Crippen molar-refractivity contribution in [2.45, 2.75) is 46.1 Å². The summed E-state index contributed by atoms with van der Waals surface area (Å²) in [6, 6.07) is 0. The van der Waals surface area contributed by atoms with Crippen LogP contribution in [0.4, 0.5) is 0 Å². The number of carbonyl (C=O) groups excluding carboxylic acids is 2. The van der Waals surface area contributed by atoms with E-state index in [9.17, 15) is 14.7 Å². The van der Waals surface area contributed by atoms with Crippen LogP contribution in [0.2, 0.25) is 0 Å². The molecule has 0 unspecified atom stereocenters. The molecule has 4 nitrogen and oxygen atoms in total. The highest BCUT2D eigenvalue weighted by Gasteiger charge is 2.41. The minimum atomic E-state index is -0.574. The number of fused-ring (bicyclic) bond motifs is 3. The molecule has 1 N–H and O–H groups in total. The van der Waals surface area contributed by atoms with Crippen molar-refractivity contribution >= 4 is 11.8 Å². The van der Waals surface area contributed by atoms with Gasteiger partial charge in [-0.3, -0.25) is 9.59 Å². The lowest BCUT2D eigenvalue weighted by Gasteiger charge is -2.43. The first-order chi connectivity index (χ1) is 13.3. The molecule has 4 heteroatoms. The second kappa shape index (κ2) is 8.76. The van der Waals surface area contributed by atoms with E-state index in [-0.39, 0.29) is 35.9 Å². The van der Waals surface area contributed by atoms with Gasteiger partial charge in [-0.05, 0) is 56.4 Å². The maximum atomic E-state index is 12.3. The molecule has 0 saturated carbocycles. The number of aliphatic hydroxyl groups is 1. The van der Waals surface area contributed by atoms with Gasteiger partial charge in [0.15, 0.2) is 5.78 Å². The standard InChI is InChI=1S/C24H30O4/c1-15-8-10-21-18(12-15)9-11-20-16(2)6-4-5-7-17(3)28-23(27)14-19(25)13-22(26)24(20)21/h4-9,11,13,16-18,20-21,24,26H,10,12,14H2,1-3H3/b6-4-,7-5+,22-13?/t16-,17+,18-,20+,21-,24-/m0/s1. The maximum Gasteiger partial charge on any atom is 0.314 e. The van der Waals surface area contributed by atoms with Crippen LogP contribution in [0.3, 0.4) is 0 Å². The van der Waals surface area contributed by atoms with Gasteiger partial charge in [0.1, 0.15) is 12.5 Å². The molecule has 0 aromatic heterocycles. The van der Waals surface area contributed by atoms with Gasteiger partial charge in [-0.2, -0.15) is 0 Å². The molecular formula is C24H30O4. The smallest absolute Gasteiger partial charge is 0.314 e. The summed E-state index contributed by atoms with van der Waals surface area (Å²) in [5.41, 5.74) is 1.37. The maximum absolute atomic E-state index is 12.3. The Morgan fingerprint density at radius 2 is 1.82 bits per heavy atom. The molecule has 150 valence electrons. The van der Waals surface area contributed by atoms with Crippen molar-refractivity contribution in [1.82, 2.24) is 0 Å². The van der Waals surface area contributed by atoms with Gasteiger partial charge >= 0.3 is 5.97 Å². The average Bonchev–Trinajstić information content (AvgIpc) is 2.62. The van der Waals surface area contributed by atoms with E-state index in [2.05, 4.69) is 38.2 Å². The molecule has 2 aliphatic carbocycles. The number of rotatable bonds is 0. The van der Waals surface area contributed by atoms with E-state index in [4.69, 9.17) is 4.74 Å². The van der Waals surface area contributed by atoms with Crippen LogP contribution in [0.15, 0.2) is 59.9 Å². The average molecular weight is 383 g/mol. The number of hydrogen-bond acceptors (Lipinski definition) is 4. The molecule has 0 fully saturated rings. The lowest BCUT2D eigenvalue weighted by Crippen LogP contribution is -2.37. The van der Waals surface area contributed by atoms with E-state index in [1.54, 1.807) is 13.0 Å². The first-order valence-corrected chi connectivity index (χ1v) is 10.2. The summed E-state index contributed by atoms with van der Waals surface area (Å²) >= 11 is 0. The molecule has 0 bridgehead atoms. The van der Waals surface area contributed by atoms with Gasteiger partial charge in [0.05, 0.1) is 5.76 Å². The largest absolute Gasteiger partial charge is 0.512 e. The number of ketones is 1. The zero-order valence-corrected chi connectivity index (χ0v) is 16.9. The second-order valence-electron chi connectivity index (χ2n) is 8.34. The minimum absolute atomic E-state index is 0.0935. The highest BCUT2D eigenvalue weighted by Crippen LogP contribution is 2.47. The minimum Gasteiger partial charge on any atom is -0.512 e. The van der Waals surface area contributed by atoms with Crippen LogP contribution in [-0.2, 0) is 14.3 Å². The lowest BCUT2D eigenvalue weighted by atomic mass is 9.62. The van der Waals surface area contributed by atoms with Gasteiger partial charge in [-0.25, -0.2) is 0 Å². The van der Waals surface area contributed by atoms with Gasteiger partial charge < -0.3 is 9.84 Å². The Kier molecular flexibility index (Phi) is 6.38. The number of allylic oxidation sites excluding steroid dienone is 9. The van der Waals surface area contributed by atoms with E-state index in [1.165, 1.54) is 11.6 Å². The number of cyclic esters (lactones) is 1. The van der Waals surface area contributed by atoms with Crippen LogP contribution in [0.5, 0.6) is 0 Å². The molecular weight excluding hydrogens is 352 g/mol. The van der Waals surface area contributed by atoms with E-state index < -0.39 is 17.9 Å². The number of ether oxygens (including phenoxy) is 1. The Balaban J connectivity index is 1.98. The number of hydrogen-bond donors (Lipinski definition) is 1. The summed E-state index contributed by atoms with van der Waals surface area (Å²) in [5.74, 6) is -0.0898. The Bertz CT molecular complexity index is 767. The Labute approximate surface area is 167 Å². The van der Waals surface area contributed by atoms with E-state index in [0.29, 0.717) is 5.92 Å². The summed E-state index contributed by atoms with van der Waals surface area (Å²) in [7, 11) is 0. The van der Waals surface area contributed by atoms with Crippen molar-refractivity contribution in [1.29, 1.82) is 0 Å². The molecule has 0 aromatic rings. The topological polar surface area (TPSA) is 63.6 Å². The molecule has 0 amide bonds. The molecule has 0 radical (unpaired) electrons. The molecule has 0 saturated heterocycles. The second-order valence-corrected chi connectivity index (χ2v) is 8.34. The highest BCUT2D eigenvalue weighted by atomic mass is 16.5. The van der Waals surface area contributed by atoms with Crippen molar-refractivity contribution in [3.05, 3.63) is 59.9 Å². The third kappa shape index (κ3) is 4.73. The van der Waals surface area contributed by atoms with Crippen molar-refractivity contribution in [3.8, 4) is 0 Å². The normalized spacial score (nSPS) is 38.8. The number of aliphatic hydroxyl groups excluding tert-OH is 1. The molecule has 6 atom stereocenters. The number of esters is 1. The van der Waals surface area contributed by atoms with E-state index >= 15 is 0 Å². The Morgan fingerprint density at radius 3 is 2.61 bits per heavy atom. The lowest BCUT2D eigenvalue weighted by molar-refractivity contribution is -0.147. The predicted octanol–water partition coefficient (Wildman–Crippen LogP) is 4.86. The fraction of sp³-hybridized carbons (Fsp3) is 0.500. The van der Waals surface area contributed by atoms with Crippen LogP contribution in [-0.4, -0.2) is 23.0 Å². The van der Waals surface area contributed by atoms with Crippen molar-refractivity contribution in [2.24, 2.45) is 29.6 Å². The molecule has 1 aliphatic heterocycles. The van der Waals surface area contributed by atoms with Gasteiger partial charge in [-0.15, -0.1) is 0 Å². The van der Waals surface area contributed by atoms with Crippen LogP contribution < -0.4 is 0 Å². The first-order valence-electron chi connectivity index (χ1n) is 10.2. The molecule has 28 heavy (non-hydrogen) atoms. The summed E-state index contributed by atoms with van der Waals surface area (Å²) < 4.78 is 5.22. The zero-order valence-electron chi connectivity index (χ0n) is 16.9. The fourth-order valence-electron chi connectivity index (χ4n) is 4.67. The Hall–Kier alpha value is -2.36. The fourth-order valence-corrected chi connectivity index (χ4v) is 4.67. The quantitative estimate of drug-likeness (QED) is 0.369. The molecule has 0 aromatic carbocycles.